The van der Waals surface area contributed by atoms with Crippen molar-refractivity contribution in [2.45, 2.75) is 6.61 Å². The molecule has 0 aliphatic heterocycles. The number of carboxylic acids is 1. The summed E-state index contributed by atoms with van der Waals surface area (Å²) in [5.74, 6) is 0.207. The molecule has 5 aromatic carbocycles. The van der Waals surface area contributed by atoms with Gasteiger partial charge in [-0.15, -0.1) is 0 Å². The number of carboxylic acid groups (broad SMARTS) is 1. The molecular weight excluding hydrogens is 412 g/mol. The second-order valence-electron chi connectivity index (χ2n) is 7.78. The maximum atomic E-state index is 11.3. The standard InChI is InChI=1S/C29H22O4/c30-27(31)19-33-26-17-15-22-11-5-7-13-24(22)29(26)28-23-12-6-4-10-21(23)14-16-25(28)32-18-20-8-2-1-3-9-20/h1-17H,18-19H2,(H,30,31). The number of benzene rings is 5. The lowest BCUT2D eigenvalue weighted by molar-refractivity contribution is -0.139. The van der Waals surface area contributed by atoms with Crippen molar-refractivity contribution in [1.29, 1.82) is 0 Å². The van der Waals surface area contributed by atoms with Crippen LogP contribution < -0.4 is 9.47 Å². The van der Waals surface area contributed by atoms with Crippen molar-refractivity contribution >= 4 is 27.5 Å². The first-order chi connectivity index (χ1) is 16.2. The molecule has 0 amide bonds. The largest absolute Gasteiger partial charge is 0.488 e. The molecule has 0 atom stereocenters. The average Bonchev–Trinajstić information content (AvgIpc) is 2.86. The van der Waals surface area contributed by atoms with Crippen LogP contribution >= 0.6 is 0 Å². The van der Waals surface area contributed by atoms with E-state index in [-0.39, 0.29) is 0 Å². The van der Waals surface area contributed by atoms with E-state index in [1.165, 1.54) is 0 Å². The Morgan fingerprint density at radius 1 is 0.606 bits per heavy atom. The van der Waals surface area contributed by atoms with E-state index in [9.17, 15) is 9.90 Å². The third-order valence-corrected chi connectivity index (χ3v) is 5.62. The molecule has 1 N–H and O–H groups in total. The zero-order valence-corrected chi connectivity index (χ0v) is 17.9. The number of fused-ring (bicyclic) bond motifs is 2. The first-order valence-corrected chi connectivity index (χ1v) is 10.8. The third-order valence-electron chi connectivity index (χ3n) is 5.62. The Balaban J connectivity index is 1.74. The van der Waals surface area contributed by atoms with Gasteiger partial charge in [0.05, 0.1) is 0 Å². The Kier molecular flexibility index (Phi) is 5.64. The maximum absolute atomic E-state index is 11.3. The number of aliphatic carboxylic acids is 1. The molecule has 0 unspecified atom stereocenters. The van der Waals surface area contributed by atoms with Crippen LogP contribution in [0.4, 0.5) is 0 Å². The highest BCUT2D eigenvalue weighted by Crippen LogP contribution is 2.45. The third kappa shape index (κ3) is 4.23. The molecule has 33 heavy (non-hydrogen) atoms. The van der Waals surface area contributed by atoms with Crippen LogP contribution in [0.15, 0.2) is 103 Å². The Labute approximate surface area is 191 Å². The highest BCUT2D eigenvalue weighted by Gasteiger charge is 2.19. The van der Waals surface area contributed by atoms with Crippen LogP contribution in [0, 0.1) is 0 Å². The van der Waals surface area contributed by atoms with Gasteiger partial charge in [-0.3, -0.25) is 0 Å². The molecule has 0 aliphatic rings. The van der Waals surface area contributed by atoms with Crippen LogP contribution in [0.1, 0.15) is 5.56 Å². The van der Waals surface area contributed by atoms with Crippen LogP contribution in [-0.4, -0.2) is 17.7 Å². The summed E-state index contributed by atoms with van der Waals surface area (Å²) in [6.45, 7) is -0.00141. The van der Waals surface area contributed by atoms with E-state index in [0.29, 0.717) is 18.1 Å². The highest BCUT2D eigenvalue weighted by atomic mass is 16.5. The Bertz CT molecular complexity index is 1440. The van der Waals surface area contributed by atoms with Crippen LogP contribution in [0.2, 0.25) is 0 Å². The zero-order chi connectivity index (χ0) is 22.6. The summed E-state index contributed by atoms with van der Waals surface area (Å²) in [5.41, 5.74) is 2.78. The van der Waals surface area contributed by atoms with Gasteiger partial charge in [-0.1, -0.05) is 91.0 Å². The van der Waals surface area contributed by atoms with Crippen LogP contribution in [0.3, 0.4) is 0 Å². The number of hydrogen-bond acceptors (Lipinski definition) is 3. The van der Waals surface area contributed by atoms with Crippen LogP contribution in [0.25, 0.3) is 32.7 Å². The van der Waals surface area contributed by atoms with Gasteiger partial charge in [0.1, 0.15) is 18.1 Å². The molecular formula is C29H22O4. The summed E-state index contributed by atoms with van der Waals surface area (Å²) in [7, 11) is 0. The van der Waals surface area contributed by atoms with E-state index < -0.39 is 12.6 Å². The van der Waals surface area contributed by atoms with Gasteiger partial charge in [-0.05, 0) is 39.2 Å². The summed E-state index contributed by atoms with van der Waals surface area (Å²) in [4.78, 5) is 11.3. The molecule has 0 saturated carbocycles. The minimum atomic E-state index is -1.02. The van der Waals surface area contributed by atoms with Crippen molar-refractivity contribution in [3.8, 4) is 22.6 Å². The van der Waals surface area contributed by atoms with E-state index >= 15 is 0 Å². The first kappa shape index (κ1) is 20.6. The number of rotatable bonds is 7. The monoisotopic (exact) mass is 434 g/mol. The summed E-state index contributed by atoms with van der Waals surface area (Å²) in [6, 6.07) is 34.0. The second-order valence-corrected chi connectivity index (χ2v) is 7.78. The SMILES string of the molecule is O=C(O)COc1ccc2ccccc2c1-c1c(OCc2ccccc2)ccc2ccccc12. The molecule has 0 heterocycles. The van der Waals surface area contributed by atoms with E-state index in [2.05, 4.69) is 12.1 Å². The smallest absolute Gasteiger partial charge is 0.341 e. The van der Waals surface area contributed by atoms with Crippen molar-refractivity contribution in [1.82, 2.24) is 0 Å². The van der Waals surface area contributed by atoms with E-state index in [0.717, 1.165) is 38.2 Å². The Hall–Kier alpha value is -4.31. The molecule has 0 fully saturated rings. The van der Waals surface area contributed by atoms with E-state index in [1.54, 1.807) is 0 Å². The Morgan fingerprint density at radius 3 is 1.70 bits per heavy atom. The molecule has 4 nitrogen and oxygen atoms in total. The minimum absolute atomic E-state index is 0.419. The van der Waals surface area contributed by atoms with Gasteiger partial charge >= 0.3 is 5.97 Å². The summed E-state index contributed by atoms with van der Waals surface area (Å²) >= 11 is 0. The average molecular weight is 434 g/mol. The predicted molar refractivity (Wildman–Crippen MR) is 131 cm³/mol. The first-order valence-electron chi connectivity index (χ1n) is 10.8. The van der Waals surface area contributed by atoms with Crippen molar-refractivity contribution in [3.63, 3.8) is 0 Å². The van der Waals surface area contributed by atoms with Crippen LogP contribution in [0.5, 0.6) is 11.5 Å². The zero-order valence-electron chi connectivity index (χ0n) is 17.9. The number of hydrogen-bond donors (Lipinski definition) is 1. The molecule has 162 valence electrons. The van der Waals surface area contributed by atoms with Gasteiger partial charge in [0, 0.05) is 11.1 Å². The molecule has 0 spiro atoms. The van der Waals surface area contributed by atoms with Gasteiger partial charge in [-0.25, -0.2) is 4.79 Å². The molecule has 0 aliphatic carbocycles. The second kappa shape index (κ2) is 9.05. The molecule has 5 aromatic rings. The van der Waals surface area contributed by atoms with Gasteiger partial charge in [0.15, 0.2) is 6.61 Å². The summed E-state index contributed by atoms with van der Waals surface area (Å²) in [6.07, 6.45) is 0. The molecule has 0 bridgehead atoms. The van der Waals surface area contributed by atoms with Crippen LogP contribution in [-0.2, 0) is 11.4 Å². The van der Waals surface area contributed by atoms with Gasteiger partial charge in [0.2, 0.25) is 0 Å². The number of ether oxygens (including phenoxy) is 2. The topological polar surface area (TPSA) is 55.8 Å². The van der Waals surface area contributed by atoms with Crippen molar-refractivity contribution in [2.24, 2.45) is 0 Å². The van der Waals surface area contributed by atoms with Crippen molar-refractivity contribution in [2.75, 3.05) is 6.61 Å². The van der Waals surface area contributed by atoms with Gasteiger partial charge in [-0.2, -0.15) is 0 Å². The van der Waals surface area contributed by atoms with E-state index in [4.69, 9.17) is 9.47 Å². The highest BCUT2D eigenvalue weighted by molar-refractivity contribution is 6.09. The molecule has 5 rings (SSSR count). The fourth-order valence-corrected chi connectivity index (χ4v) is 4.13. The minimum Gasteiger partial charge on any atom is -0.488 e. The normalized spacial score (nSPS) is 10.9. The fraction of sp³-hybridized carbons (Fsp3) is 0.0690. The van der Waals surface area contributed by atoms with Gasteiger partial charge in [0.25, 0.3) is 0 Å². The molecule has 0 radical (unpaired) electrons. The lowest BCUT2D eigenvalue weighted by atomic mass is 9.92. The van der Waals surface area contributed by atoms with E-state index in [1.807, 2.05) is 91.0 Å². The maximum Gasteiger partial charge on any atom is 0.341 e. The summed E-state index contributed by atoms with van der Waals surface area (Å²) < 4.78 is 12.1. The van der Waals surface area contributed by atoms with Crippen molar-refractivity contribution < 1.29 is 19.4 Å². The van der Waals surface area contributed by atoms with Crippen molar-refractivity contribution in [3.05, 3.63) is 109 Å². The lowest BCUT2D eigenvalue weighted by Gasteiger charge is -2.19. The lowest BCUT2D eigenvalue weighted by Crippen LogP contribution is -2.10. The molecule has 0 saturated heterocycles. The molecule has 0 aromatic heterocycles. The quantitative estimate of drug-likeness (QED) is 0.310. The Morgan fingerprint density at radius 2 is 1.12 bits per heavy atom. The molecule has 4 heteroatoms. The van der Waals surface area contributed by atoms with Gasteiger partial charge < -0.3 is 14.6 Å². The predicted octanol–water partition coefficient (Wildman–Crippen LogP) is 6.70. The number of carbonyl (C=O) groups is 1. The summed E-state index contributed by atoms with van der Waals surface area (Å²) in [5, 5.41) is 13.3. The fourth-order valence-electron chi connectivity index (χ4n) is 4.13.